The van der Waals surface area contributed by atoms with Crippen LogP contribution in [0.5, 0.6) is 0 Å². The molecule has 7 heteroatoms. The fourth-order valence-electron chi connectivity index (χ4n) is 2.56. The summed E-state index contributed by atoms with van der Waals surface area (Å²) in [6, 6.07) is -0.0755. The van der Waals surface area contributed by atoms with Gasteiger partial charge < -0.3 is 14.7 Å². The molecule has 1 amide bonds. The number of carbonyl (C=O) groups is 2. The van der Waals surface area contributed by atoms with E-state index in [4.69, 9.17) is 9.84 Å². The van der Waals surface area contributed by atoms with Crippen LogP contribution < -0.4 is 0 Å². The van der Waals surface area contributed by atoms with Crippen molar-refractivity contribution in [1.29, 1.82) is 0 Å². The molecule has 1 aromatic rings. The Balaban J connectivity index is 1.76. The Hall–Kier alpha value is -1.47. The van der Waals surface area contributed by atoms with E-state index in [1.807, 2.05) is 0 Å². The fraction of sp³-hybridized carbons (Fsp3) is 0.643. The lowest BCUT2D eigenvalue weighted by atomic mass is 10.1. The summed E-state index contributed by atoms with van der Waals surface area (Å²) < 4.78 is 5.29. The van der Waals surface area contributed by atoms with Gasteiger partial charge in [0.2, 0.25) is 0 Å². The van der Waals surface area contributed by atoms with Crippen LogP contribution in [-0.2, 0) is 9.53 Å². The number of hydrogen-bond acceptors (Lipinski definition) is 5. The van der Waals surface area contributed by atoms with Gasteiger partial charge in [0.1, 0.15) is 12.2 Å². The molecule has 0 atom stereocenters. The molecule has 2 heterocycles. The first kappa shape index (κ1) is 14.5. The molecule has 0 radical (unpaired) electrons. The highest BCUT2D eigenvalue weighted by Gasteiger charge is 2.32. The van der Waals surface area contributed by atoms with Crippen LogP contribution in [0.15, 0.2) is 5.38 Å². The monoisotopic (exact) mass is 310 g/mol. The van der Waals surface area contributed by atoms with Crippen LogP contribution in [0.4, 0.5) is 0 Å². The van der Waals surface area contributed by atoms with E-state index >= 15 is 0 Å². The van der Waals surface area contributed by atoms with Crippen molar-refractivity contribution >= 4 is 23.2 Å². The number of carboxylic acids is 1. The van der Waals surface area contributed by atoms with Crippen molar-refractivity contribution < 1.29 is 19.4 Å². The highest BCUT2D eigenvalue weighted by Crippen LogP contribution is 2.41. The Morgan fingerprint density at radius 3 is 2.67 bits per heavy atom. The number of carboxylic acid groups (broad SMARTS) is 1. The molecule has 1 aliphatic carbocycles. The highest BCUT2D eigenvalue weighted by molar-refractivity contribution is 7.10. The largest absolute Gasteiger partial charge is 0.480 e. The molecule has 2 aliphatic rings. The Labute approximate surface area is 126 Å². The Morgan fingerprint density at radius 2 is 2.05 bits per heavy atom. The number of amides is 1. The number of ether oxygens (including phenoxy) is 1. The van der Waals surface area contributed by atoms with Gasteiger partial charge in [-0.25, -0.2) is 4.98 Å². The van der Waals surface area contributed by atoms with E-state index in [2.05, 4.69) is 4.98 Å². The fourth-order valence-corrected chi connectivity index (χ4v) is 3.53. The van der Waals surface area contributed by atoms with Gasteiger partial charge in [0, 0.05) is 30.6 Å². The second-order valence-corrected chi connectivity index (χ2v) is 6.41. The van der Waals surface area contributed by atoms with Crippen LogP contribution in [0, 0.1) is 0 Å². The number of thiazole rings is 1. The van der Waals surface area contributed by atoms with Crippen LogP contribution in [-0.4, -0.2) is 52.7 Å². The molecule has 0 bridgehead atoms. The lowest BCUT2D eigenvalue weighted by molar-refractivity contribution is -0.138. The number of aromatic nitrogens is 1. The van der Waals surface area contributed by atoms with Crippen LogP contribution in [0.1, 0.15) is 47.1 Å². The van der Waals surface area contributed by atoms with Gasteiger partial charge in [0.25, 0.3) is 5.91 Å². The second kappa shape index (κ2) is 6.11. The maximum absolute atomic E-state index is 12.6. The minimum Gasteiger partial charge on any atom is -0.480 e. The van der Waals surface area contributed by atoms with Gasteiger partial charge in [-0.1, -0.05) is 0 Å². The van der Waals surface area contributed by atoms with Crippen molar-refractivity contribution in [3.8, 4) is 0 Å². The summed E-state index contributed by atoms with van der Waals surface area (Å²) in [5, 5.41) is 11.8. The Bertz CT molecular complexity index is 535. The third-order valence-electron chi connectivity index (χ3n) is 3.87. The summed E-state index contributed by atoms with van der Waals surface area (Å²) in [5.74, 6) is -0.757. The number of aliphatic carboxylic acids is 1. The molecule has 114 valence electrons. The first-order chi connectivity index (χ1) is 10.1. The third kappa shape index (κ3) is 3.41. The van der Waals surface area contributed by atoms with Crippen molar-refractivity contribution in [2.45, 2.75) is 37.6 Å². The van der Waals surface area contributed by atoms with Crippen LogP contribution in [0.3, 0.4) is 0 Å². The normalized spacial score (nSPS) is 19.4. The summed E-state index contributed by atoms with van der Waals surface area (Å²) in [6.45, 7) is 0.858. The lowest BCUT2D eigenvalue weighted by Crippen LogP contribution is -2.46. The van der Waals surface area contributed by atoms with Gasteiger partial charge in [-0.15, -0.1) is 11.3 Å². The van der Waals surface area contributed by atoms with Crippen LogP contribution in [0.2, 0.25) is 0 Å². The number of rotatable bonds is 5. The zero-order valence-corrected chi connectivity index (χ0v) is 12.5. The van der Waals surface area contributed by atoms with Crippen molar-refractivity contribution in [1.82, 2.24) is 9.88 Å². The summed E-state index contributed by atoms with van der Waals surface area (Å²) in [4.78, 5) is 29.5. The summed E-state index contributed by atoms with van der Waals surface area (Å²) in [6.07, 6.45) is 3.64. The first-order valence-electron chi connectivity index (χ1n) is 7.21. The molecule has 1 saturated heterocycles. The molecule has 0 spiro atoms. The maximum atomic E-state index is 12.6. The predicted molar refractivity (Wildman–Crippen MR) is 76.6 cm³/mol. The lowest BCUT2D eigenvalue weighted by Gasteiger charge is -2.32. The summed E-state index contributed by atoms with van der Waals surface area (Å²) in [7, 11) is 0. The Morgan fingerprint density at radius 1 is 1.33 bits per heavy atom. The summed E-state index contributed by atoms with van der Waals surface area (Å²) >= 11 is 1.50. The molecule has 1 aliphatic heterocycles. The first-order valence-corrected chi connectivity index (χ1v) is 8.09. The van der Waals surface area contributed by atoms with Gasteiger partial charge in [0.05, 0.1) is 5.01 Å². The molecule has 1 saturated carbocycles. The molecule has 6 nitrogen and oxygen atoms in total. The van der Waals surface area contributed by atoms with Gasteiger partial charge in [-0.3, -0.25) is 9.59 Å². The Kier molecular flexibility index (Phi) is 4.21. The van der Waals surface area contributed by atoms with Gasteiger partial charge in [-0.05, 0) is 25.7 Å². The van der Waals surface area contributed by atoms with E-state index in [-0.39, 0.29) is 18.5 Å². The average Bonchev–Trinajstić information content (AvgIpc) is 3.22. The quantitative estimate of drug-likeness (QED) is 0.896. The van der Waals surface area contributed by atoms with Crippen molar-refractivity contribution in [3.05, 3.63) is 16.1 Å². The van der Waals surface area contributed by atoms with Gasteiger partial charge >= 0.3 is 5.97 Å². The molecule has 0 unspecified atom stereocenters. The smallest absolute Gasteiger partial charge is 0.323 e. The summed E-state index contributed by atoms with van der Waals surface area (Å²) in [5.41, 5.74) is 0.384. The SMILES string of the molecule is O=C(O)CN(C(=O)c1csc(C2CC2)n1)C1CCOCC1. The maximum Gasteiger partial charge on any atom is 0.323 e. The highest BCUT2D eigenvalue weighted by atomic mass is 32.1. The van der Waals surface area contributed by atoms with E-state index < -0.39 is 5.97 Å². The van der Waals surface area contributed by atoms with Crippen molar-refractivity contribution in [2.24, 2.45) is 0 Å². The molecule has 3 rings (SSSR count). The minimum atomic E-state index is -0.993. The zero-order chi connectivity index (χ0) is 14.8. The number of nitrogens with zero attached hydrogens (tertiary/aromatic N) is 2. The molecular weight excluding hydrogens is 292 g/mol. The third-order valence-corrected chi connectivity index (χ3v) is 4.87. The standard InChI is InChI=1S/C14H18N2O4S/c17-12(18)7-16(10-3-5-20-6-4-10)14(19)11-8-21-13(15-11)9-1-2-9/h8-10H,1-7H2,(H,17,18). The molecule has 21 heavy (non-hydrogen) atoms. The molecule has 2 fully saturated rings. The zero-order valence-electron chi connectivity index (χ0n) is 11.7. The van der Waals surface area contributed by atoms with Gasteiger partial charge in [-0.2, -0.15) is 0 Å². The molecule has 1 N–H and O–H groups in total. The number of carbonyl (C=O) groups excluding carboxylic acids is 1. The molecular formula is C14H18N2O4S. The molecule has 1 aromatic heterocycles. The van der Waals surface area contributed by atoms with E-state index in [0.29, 0.717) is 37.7 Å². The van der Waals surface area contributed by atoms with E-state index in [9.17, 15) is 9.59 Å². The number of hydrogen-bond donors (Lipinski definition) is 1. The van der Waals surface area contributed by atoms with Crippen LogP contribution >= 0.6 is 11.3 Å². The molecule has 0 aromatic carbocycles. The van der Waals surface area contributed by atoms with E-state index in [1.54, 1.807) is 5.38 Å². The average molecular weight is 310 g/mol. The van der Waals surface area contributed by atoms with Crippen molar-refractivity contribution in [3.63, 3.8) is 0 Å². The van der Waals surface area contributed by atoms with Crippen molar-refractivity contribution in [2.75, 3.05) is 19.8 Å². The topological polar surface area (TPSA) is 79.7 Å². The van der Waals surface area contributed by atoms with E-state index in [0.717, 1.165) is 17.8 Å². The second-order valence-electron chi connectivity index (χ2n) is 5.52. The van der Waals surface area contributed by atoms with Crippen LogP contribution in [0.25, 0.3) is 0 Å². The minimum absolute atomic E-state index is 0.0755. The predicted octanol–water partition coefficient (Wildman–Crippen LogP) is 1.73. The van der Waals surface area contributed by atoms with E-state index in [1.165, 1.54) is 16.2 Å². The van der Waals surface area contributed by atoms with Gasteiger partial charge in [0.15, 0.2) is 0 Å².